The average Bonchev–Trinajstić information content (AvgIpc) is 2.49. The molecule has 0 fully saturated rings. The number of benzene rings is 2. The number of thioether (sulfide) groups is 1. The van der Waals surface area contributed by atoms with Gasteiger partial charge in [0.1, 0.15) is 0 Å². The molecule has 0 saturated heterocycles. The lowest BCUT2D eigenvalue weighted by molar-refractivity contribution is 0.577. The van der Waals surface area contributed by atoms with E-state index >= 15 is 0 Å². The van der Waals surface area contributed by atoms with Crippen molar-refractivity contribution < 1.29 is 0 Å². The second-order valence-corrected chi connectivity index (χ2v) is 7.19. The Labute approximate surface area is 140 Å². The lowest BCUT2D eigenvalue weighted by Crippen LogP contribution is -2.24. The van der Waals surface area contributed by atoms with Crippen LogP contribution in [0.25, 0.3) is 0 Å². The summed E-state index contributed by atoms with van der Waals surface area (Å²) in [6, 6.07) is 17.8. The molecule has 21 heavy (non-hydrogen) atoms. The van der Waals surface area contributed by atoms with Gasteiger partial charge in [0.2, 0.25) is 0 Å². The Morgan fingerprint density at radius 3 is 2.57 bits per heavy atom. The SMILES string of the molecule is CCCNC(CSc1ccc(Br)cc1)c1cccc(C)c1. The van der Waals surface area contributed by atoms with Crippen LogP contribution < -0.4 is 5.32 Å². The zero-order valence-corrected chi connectivity index (χ0v) is 15.0. The Balaban J connectivity index is 2.04. The fraction of sp³-hybridized carbons (Fsp3) is 0.333. The van der Waals surface area contributed by atoms with Crippen molar-refractivity contribution in [2.24, 2.45) is 0 Å². The molecule has 1 atom stereocenters. The van der Waals surface area contributed by atoms with Crippen LogP contribution in [0, 0.1) is 6.92 Å². The topological polar surface area (TPSA) is 12.0 Å². The molecule has 0 heterocycles. The molecule has 0 aliphatic rings. The van der Waals surface area contributed by atoms with Crippen LogP contribution in [0.2, 0.25) is 0 Å². The van der Waals surface area contributed by atoms with E-state index < -0.39 is 0 Å². The van der Waals surface area contributed by atoms with Gasteiger partial charge in [-0.3, -0.25) is 0 Å². The summed E-state index contributed by atoms with van der Waals surface area (Å²) in [4.78, 5) is 1.31. The van der Waals surface area contributed by atoms with Crippen LogP contribution in [0.5, 0.6) is 0 Å². The van der Waals surface area contributed by atoms with Gasteiger partial charge in [-0.1, -0.05) is 52.7 Å². The zero-order chi connectivity index (χ0) is 15.1. The van der Waals surface area contributed by atoms with Gasteiger partial charge in [-0.05, 0) is 49.7 Å². The van der Waals surface area contributed by atoms with Crippen molar-refractivity contribution >= 4 is 27.7 Å². The van der Waals surface area contributed by atoms with E-state index in [-0.39, 0.29) is 0 Å². The minimum absolute atomic E-state index is 0.401. The van der Waals surface area contributed by atoms with Crippen molar-refractivity contribution in [2.45, 2.75) is 31.2 Å². The molecule has 0 bridgehead atoms. The number of nitrogens with one attached hydrogen (secondary N) is 1. The molecule has 112 valence electrons. The van der Waals surface area contributed by atoms with Gasteiger partial charge in [0.15, 0.2) is 0 Å². The van der Waals surface area contributed by atoms with Crippen molar-refractivity contribution in [1.82, 2.24) is 5.32 Å². The summed E-state index contributed by atoms with van der Waals surface area (Å²) < 4.78 is 1.13. The summed E-state index contributed by atoms with van der Waals surface area (Å²) in [5.41, 5.74) is 2.71. The summed E-state index contributed by atoms with van der Waals surface area (Å²) >= 11 is 5.39. The molecule has 0 amide bonds. The molecule has 0 radical (unpaired) electrons. The van der Waals surface area contributed by atoms with E-state index in [1.54, 1.807) is 0 Å². The molecule has 2 rings (SSSR count). The fourth-order valence-electron chi connectivity index (χ4n) is 2.19. The van der Waals surface area contributed by atoms with Gasteiger partial charge in [0.05, 0.1) is 0 Å². The Hall–Kier alpha value is -0.770. The first kappa shape index (κ1) is 16.6. The lowest BCUT2D eigenvalue weighted by Gasteiger charge is -2.19. The van der Waals surface area contributed by atoms with Gasteiger partial charge < -0.3 is 5.32 Å². The predicted octanol–water partition coefficient (Wildman–Crippen LogP) is 5.59. The van der Waals surface area contributed by atoms with E-state index in [9.17, 15) is 0 Å². The van der Waals surface area contributed by atoms with E-state index in [4.69, 9.17) is 0 Å². The third-order valence-electron chi connectivity index (χ3n) is 3.32. The van der Waals surface area contributed by atoms with E-state index in [1.807, 2.05) is 11.8 Å². The van der Waals surface area contributed by atoms with Gasteiger partial charge in [-0.15, -0.1) is 11.8 Å². The van der Waals surface area contributed by atoms with Crippen molar-refractivity contribution in [1.29, 1.82) is 0 Å². The molecule has 1 nitrogen and oxygen atoms in total. The lowest BCUT2D eigenvalue weighted by atomic mass is 10.1. The molecule has 0 aliphatic heterocycles. The Morgan fingerprint density at radius 2 is 1.90 bits per heavy atom. The Kier molecular flexibility index (Phi) is 6.81. The fourth-order valence-corrected chi connectivity index (χ4v) is 3.45. The van der Waals surface area contributed by atoms with E-state index in [1.165, 1.54) is 16.0 Å². The molecule has 2 aromatic rings. The third kappa shape index (κ3) is 5.50. The highest BCUT2D eigenvalue weighted by Crippen LogP contribution is 2.26. The number of rotatable bonds is 7. The van der Waals surface area contributed by atoms with Gasteiger partial charge in [0.25, 0.3) is 0 Å². The van der Waals surface area contributed by atoms with E-state index in [0.717, 1.165) is 23.2 Å². The maximum Gasteiger partial charge on any atom is 0.0415 e. The smallest absolute Gasteiger partial charge is 0.0415 e. The van der Waals surface area contributed by atoms with Gasteiger partial charge in [-0.25, -0.2) is 0 Å². The summed E-state index contributed by atoms with van der Waals surface area (Å²) in [7, 11) is 0. The molecular formula is C18H22BrNS. The summed E-state index contributed by atoms with van der Waals surface area (Å²) in [5, 5.41) is 3.66. The summed E-state index contributed by atoms with van der Waals surface area (Å²) in [6.45, 7) is 5.42. The predicted molar refractivity (Wildman–Crippen MR) is 97.1 cm³/mol. The second kappa shape index (κ2) is 8.62. The maximum atomic E-state index is 3.66. The summed E-state index contributed by atoms with van der Waals surface area (Å²) in [5.74, 6) is 1.05. The van der Waals surface area contributed by atoms with Crippen LogP contribution in [-0.2, 0) is 0 Å². The minimum atomic E-state index is 0.401. The summed E-state index contributed by atoms with van der Waals surface area (Å²) in [6.07, 6.45) is 1.16. The molecule has 0 aliphatic carbocycles. The van der Waals surface area contributed by atoms with Crippen LogP contribution in [0.4, 0.5) is 0 Å². The van der Waals surface area contributed by atoms with Crippen LogP contribution in [0.3, 0.4) is 0 Å². The Morgan fingerprint density at radius 1 is 1.14 bits per heavy atom. The first-order valence-corrected chi connectivity index (χ1v) is 9.15. The van der Waals surface area contributed by atoms with E-state index in [0.29, 0.717) is 6.04 Å². The van der Waals surface area contributed by atoms with Gasteiger partial charge in [-0.2, -0.15) is 0 Å². The second-order valence-electron chi connectivity index (χ2n) is 5.19. The van der Waals surface area contributed by atoms with Crippen molar-refractivity contribution in [3.05, 3.63) is 64.1 Å². The standard InChI is InChI=1S/C18H22BrNS/c1-3-11-20-18(15-6-4-5-14(2)12-15)13-21-17-9-7-16(19)8-10-17/h4-10,12,18,20H,3,11,13H2,1-2H3. The van der Waals surface area contributed by atoms with Crippen LogP contribution in [-0.4, -0.2) is 12.3 Å². The number of hydrogen-bond acceptors (Lipinski definition) is 2. The number of aryl methyl sites for hydroxylation is 1. The third-order valence-corrected chi connectivity index (χ3v) is 4.95. The highest BCUT2D eigenvalue weighted by atomic mass is 79.9. The van der Waals surface area contributed by atoms with E-state index in [2.05, 4.69) is 83.6 Å². The molecule has 3 heteroatoms. The van der Waals surface area contributed by atoms with Crippen molar-refractivity contribution in [3.63, 3.8) is 0 Å². The van der Waals surface area contributed by atoms with Crippen LogP contribution >= 0.6 is 27.7 Å². The molecule has 1 N–H and O–H groups in total. The minimum Gasteiger partial charge on any atom is -0.309 e. The molecule has 0 aromatic heterocycles. The van der Waals surface area contributed by atoms with Crippen LogP contribution in [0.15, 0.2) is 57.9 Å². The molecular weight excluding hydrogens is 342 g/mol. The molecule has 2 aromatic carbocycles. The van der Waals surface area contributed by atoms with Crippen LogP contribution in [0.1, 0.15) is 30.5 Å². The number of hydrogen-bond donors (Lipinski definition) is 1. The first-order valence-electron chi connectivity index (χ1n) is 7.37. The molecule has 0 saturated carbocycles. The Bertz CT molecular complexity index is 553. The first-order chi connectivity index (χ1) is 10.2. The normalized spacial score (nSPS) is 12.3. The average molecular weight is 364 g/mol. The number of halogens is 1. The van der Waals surface area contributed by atoms with Crippen molar-refractivity contribution in [2.75, 3.05) is 12.3 Å². The highest BCUT2D eigenvalue weighted by molar-refractivity contribution is 9.10. The molecule has 0 spiro atoms. The largest absolute Gasteiger partial charge is 0.309 e. The zero-order valence-electron chi connectivity index (χ0n) is 12.6. The van der Waals surface area contributed by atoms with Crippen molar-refractivity contribution in [3.8, 4) is 0 Å². The maximum absolute atomic E-state index is 3.66. The monoisotopic (exact) mass is 363 g/mol. The highest BCUT2D eigenvalue weighted by Gasteiger charge is 2.11. The molecule has 1 unspecified atom stereocenters. The van der Waals surface area contributed by atoms with Gasteiger partial charge >= 0.3 is 0 Å². The quantitative estimate of drug-likeness (QED) is 0.643. The van der Waals surface area contributed by atoms with Gasteiger partial charge in [0, 0.05) is 21.2 Å².